The van der Waals surface area contributed by atoms with Crippen molar-refractivity contribution in [1.29, 1.82) is 0 Å². The Balaban J connectivity index is 2.22. The average Bonchev–Trinajstić information content (AvgIpc) is 2.69. The lowest BCUT2D eigenvalue weighted by atomic mass is 10.2. The Labute approximate surface area is 107 Å². The van der Waals surface area contributed by atoms with Crippen LogP contribution in [0.15, 0.2) is 22.5 Å². The quantitative estimate of drug-likeness (QED) is 0.715. The number of nitrogens with zero attached hydrogens (tertiary/aromatic N) is 1. The highest BCUT2D eigenvalue weighted by Crippen LogP contribution is 2.35. The zero-order valence-electron chi connectivity index (χ0n) is 7.62. The Kier molecular flexibility index (Phi) is 3.45. The molecule has 0 saturated carbocycles. The maximum Gasteiger partial charge on any atom is 0.266 e. The predicted octanol–water partition coefficient (Wildman–Crippen LogP) is 3.98. The van der Waals surface area contributed by atoms with Gasteiger partial charge in [-0.1, -0.05) is 40.9 Å². The van der Waals surface area contributed by atoms with Gasteiger partial charge in [-0.15, -0.1) is 11.3 Å². The molecule has 1 atom stereocenters. The Morgan fingerprint density at radius 1 is 1.47 bits per heavy atom. The van der Waals surface area contributed by atoms with Crippen molar-refractivity contribution in [1.82, 2.24) is 0 Å². The van der Waals surface area contributed by atoms with Crippen LogP contribution >= 0.6 is 46.1 Å². The van der Waals surface area contributed by atoms with E-state index in [0.29, 0.717) is 6.61 Å². The highest BCUT2D eigenvalue weighted by molar-refractivity contribution is 7.10. The van der Waals surface area contributed by atoms with Crippen LogP contribution in [-0.2, 0) is 4.74 Å². The molecule has 0 N–H and O–H groups in total. The monoisotopic (exact) mass is 283 g/mol. The van der Waals surface area contributed by atoms with E-state index in [2.05, 4.69) is 4.99 Å². The molecule has 1 aliphatic heterocycles. The molecular formula is C9H8Cl3NOS. The number of halogens is 3. The third kappa shape index (κ3) is 2.78. The highest BCUT2D eigenvalue weighted by atomic mass is 35.6. The second-order valence-electron chi connectivity index (χ2n) is 3.10. The molecule has 0 amide bonds. The lowest BCUT2D eigenvalue weighted by molar-refractivity contribution is 0.256. The van der Waals surface area contributed by atoms with Crippen molar-refractivity contribution < 1.29 is 4.74 Å². The Bertz CT molecular complexity index is 358. The van der Waals surface area contributed by atoms with E-state index in [1.807, 2.05) is 17.5 Å². The highest BCUT2D eigenvalue weighted by Gasteiger charge is 2.33. The molecular weight excluding hydrogens is 277 g/mol. The maximum absolute atomic E-state index is 5.72. The molecule has 0 radical (unpaired) electrons. The average molecular weight is 285 g/mol. The van der Waals surface area contributed by atoms with Crippen LogP contribution < -0.4 is 0 Å². The number of hydrogen-bond acceptors (Lipinski definition) is 3. The molecule has 1 aliphatic rings. The van der Waals surface area contributed by atoms with Crippen molar-refractivity contribution in [3.05, 3.63) is 22.4 Å². The molecule has 82 valence electrons. The van der Waals surface area contributed by atoms with E-state index in [9.17, 15) is 0 Å². The second-order valence-corrected chi connectivity index (χ2v) is 6.36. The first kappa shape index (κ1) is 11.5. The normalized spacial score (nSPS) is 22.1. The minimum Gasteiger partial charge on any atom is -0.478 e. The van der Waals surface area contributed by atoms with Crippen LogP contribution in [0.5, 0.6) is 0 Å². The van der Waals surface area contributed by atoms with Crippen LogP contribution in [0.25, 0.3) is 0 Å². The molecule has 1 aromatic heterocycles. The van der Waals surface area contributed by atoms with E-state index in [0.717, 1.165) is 6.42 Å². The van der Waals surface area contributed by atoms with Gasteiger partial charge >= 0.3 is 0 Å². The molecule has 0 bridgehead atoms. The van der Waals surface area contributed by atoms with Crippen LogP contribution in [0.1, 0.15) is 17.3 Å². The van der Waals surface area contributed by atoms with Gasteiger partial charge < -0.3 is 4.74 Å². The first-order valence-electron chi connectivity index (χ1n) is 4.38. The van der Waals surface area contributed by atoms with Gasteiger partial charge in [0.1, 0.15) is 0 Å². The van der Waals surface area contributed by atoms with Gasteiger partial charge in [0.15, 0.2) is 0 Å². The van der Waals surface area contributed by atoms with Crippen molar-refractivity contribution in [3.8, 4) is 0 Å². The summed E-state index contributed by atoms with van der Waals surface area (Å²) >= 11 is 18.8. The van der Waals surface area contributed by atoms with Gasteiger partial charge in [0.2, 0.25) is 5.90 Å². The van der Waals surface area contributed by atoms with Gasteiger partial charge in [-0.25, -0.2) is 4.99 Å². The topological polar surface area (TPSA) is 21.6 Å². The molecule has 1 unspecified atom stereocenters. The van der Waals surface area contributed by atoms with E-state index in [1.54, 1.807) is 11.3 Å². The summed E-state index contributed by atoms with van der Waals surface area (Å²) in [5.41, 5.74) is 0. The third-order valence-corrected chi connectivity index (χ3v) is 3.48. The van der Waals surface area contributed by atoms with E-state index in [1.165, 1.54) is 4.88 Å². The Morgan fingerprint density at radius 2 is 2.27 bits per heavy atom. The summed E-state index contributed by atoms with van der Waals surface area (Å²) in [5.74, 6) is 0.192. The van der Waals surface area contributed by atoms with E-state index >= 15 is 0 Å². The molecule has 2 nitrogen and oxygen atoms in total. The summed E-state index contributed by atoms with van der Waals surface area (Å²) in [7, 11) is 0. The molecule has 2 rings (SSSR count). The van der Waals surface area contributed by atoms with E-state index in [4.69, 9.17) is 39.5 Å². The summed E-state index contributed by atoms with van der Waals surface area (Å²) in [6, 6.07) is 4.07. The lowest BCUT2D eigenvalue weighted by Gasteiger charge is -2.23. The van der Waals surface area contributed by atoms with E-state index in [-0.39, 0.29) is 11.9 Å². The third-order valence-electron chi connectivity index (χ3n) is 2.02. The standard InChI is InChI=1S/C9H8Cl3NOS/c10-9(11,12)8-13-6(3-4-14-8)7-2-1-5-15-7/h1-2,5-6H,3-4H2. The van der Waals surface area contributed by atoms with Crippen molar-refractivity contribution in [2.24, 2.45) is 4.99 Å². The Morgan fingerprint density at radius 3 is 2.87 bits per heavy atom. The van der Waals surface area contributed by atoms with Gasteiger partial charge in [0.05, 0.1) is 12.6 Å². The van der Waals surface area contributed by atoms with Crippen LogP contribution in [0.3, 0.4) is 0 Å². The molecule has 15 heavy (non-hydrogen) atoms. The molecule has 0 aromatic carbocycles. The van der Waals surface area contributed by atoms with Crippen molar-refractivity contribution in [2.45, 2.75) is 16.3 Å². The minimum atomic E-state index is -1.56. The number of ether oxygens (including phenoxy) is 1. The largest absolute Gasteiger partial charge is 0.478 e. The molecule has 6 heteroatoms. The summed E-state index contributed by atoms with van der Waals surface area (Å²) < 4.78 is 3.67. The fourth-order valence-electron chi connectivity index (χ4n) is 1.35. The van der Waals surface area contributed by atoms with E-state index < -0.39 is 3.79 Å². The van der Waals surface area contributed by atoms with Crippen LogP contribution in [0, 0.1) is 0 Å². The van der Waals surface area contributed by atoms with Gasteiger partial charge in [0, 0.05) is 11.3 Å². The van der Waals surface area contributed by atoms with Crippen molar-refractivity contribution in [2.75, 3.05) is 6.61 Å². The lowest BCUT2D eigenvalue weighted by Crippen LogP contribution is -2.27. The Hall–Kier alpha value is 0.0400. The zero-order chi connectivity index (χ0) is 10.9. The van der Waals surface area contributed by atoms with Gasteiger partial charge in [-0.3, -0.25) is 0 Å². The SMILES string of the molecule is ClC(Cl)(Cl)C1=NC(c2cccs2)CCO1. The van der Waals surface area contributed by atoms with Gasteiger partial charge in [0.25, 0.3) is 3.79 Å². The van der Waals surface area contributed by atoms with Crippen LogP contribution in [0.2, 0.25) is 0 Å². The minimum absolute atomic E-state index is 0.0596. The molecule has 2 heterocycles. The molecule has 0 spiro atoms. The zero-order valence-corrected chi connectivity index (χ0v) is 10.7. The maximum atomic E-state index is 5.72. The first-order chi connectivity index (χ1) is 7.07. The molecule has 1 aromatic rings. The fourth-order valence-corrected chi connectivity index (χ4v) is 2.46. The number of alkyl halides is 3. The number of rotatable bonds is 1. The second kappa shape index (κ2) is 4.50. The summed E-state index contributed by atoms with van der Waals surface area (Å²) in [4.78, 5) is 5.48. The summed E-state index contributed by atoms with van der Waals surface area (Å²) in [5, 5.41) is 2.01. The van der Waals surface area contributed by atoms with Gasteiger partial charge in [-0.05, 0) is 11.4 Å². The molecule has 0 saturated heterocycles. The smallest absolute Gasteiger partial charge is 0.266 e. The fraction of sp³-hybridized carbons (Fsp3) is 0.444. The first-order valence-corrected chi connectivity index (χ1v) is 6.40. The summed E-state index contributed by atoms with van der Waals surface area (Å²) in [6.07, 6.45) is 0.824. The molecule has 0 fully saturated rings. The van der Waals surface area contributed by atoms with Crippen molar-refractivity contribution >= 4 is 52.0 Å². The van der Waals surface area contributed by atoms with Gasteiger partial charge in [-0.2, -0.15) is 0 Å². The van der Waals surface area contributed by atoms with Crippen LogP contribution in [0.4, 0.5) is 0 Å². The van der Waals surface area contributed by atoms with Crippen molar-refractivity contribution in [3.63, 3.8) is 0 Å². The number of thiophene rings is 1. The number of hydrogen-bond donors (Lipinski definition) is 0. The van der Waals surface area contributed by atoms with Crippen LogP contribution in [-0.4, -0.2) is 16.3 Å². The number of aliphatic imine (C=N–C) groups is 1. The molecule has 0 aliphatic carbocycles. The predicted molar refractivity (Wildman–Crippen MR) is 65.4 cm³/mol. The summed E-state index contributed by atoms with van der Waals surface area (Å²) in [6.45, 7) is 0.537.